The molecule has 0 aliphatic carbocycles. The second-order valence-corrected chi connectivity index (χ2v) is 5.73. The molecule has 2 rings (SSSR count). The summed E-state index contributed by atoms with van der Waals surface area (Å²) in [6, 6.07) is 13.9. The van der Waals surface area contributed by atoms with Gasteiger partial charge in [-0.2, -0.15) is 0 Å². The van der Waals surface area contributed by atoms with Crippen LogP contribution in [-0.4, -0.2) is 42.9 Å². The molecule has 2 aromatic carbocycles. The minimum atomic E-state index is -1.82. The number of hydrogen-bond donors (Lipinski definition) is 3. The predicted octanol–water partition coefficient (Wildman–Crippen LogP) is 2.85. The van der Waals surface area contributed by atoms with Crippen LogP contribution in [0.3, 0.4) is 0 Å². The third-order valence-corrected chi connectivity index (χ3v) is 3.86. The molecule has 27 heavy (non-hydrogen) atoms. The maximum Gasteiger partial charge on any atom is 0.414 e. The number of hydrogen-bond acceptors (Lipinski definition) is 5. The fourth-order valence-corrected chi connectivity index (χ4v) is 2.34. The van der Waals surface area contributed by atoms with E-state index in [1.165, 1.54) is 5.56 Å². The summed E-state index contributed by atoms with van der Waals surface area (Å²) in [4.78, 5) is 18.2. The van der Waals surface area contributed by atoms with E-state index in [1.807, 2.05) is 36.4 Å². The van der Waals surface area contributed by atoms with Crippen molar-refractivity contribution in [3.8, 4) is 11.5 Å². The average Bonchev–Trinajstić information content (AvgIpc) is 2.66. The number of carboxylic acid groups (broad SMARTS) is 2. The lowest BCUT2D eigenvalue weighted by Crippen LogP contribution is -2.16. The van der Waals surface area contributed by atoms with Crippen molar-refractivity contribution in [2.75, 3.05) is 20.8 Å². The van der Waals surface area contributed by atoms with Crippen LogP contribution < -0.4 is 14.8 Å². The average molecular weight is 396 g/mol. The van der Waals surface area contributed by atoms with Crippen molar-refractivity contribution in [2.24, 2.45) is 0 Å². The highest BCUT2D eigenvalue weighted by Gasteiger charge is 2.05. The molecule has 0 unspecified atom stereocenters. The second-order valence-electron chi connectivity index (χ2n) is 5.32. The molecule has 0 aliphatic heterocycles. The van der Waals surface area contributed by atoms with Gasteiger partial charge < -0.3 is 25.0 Å². The second kappa shape index (κ2) is 11.8. The van der Waals surface area contributed by atoms with Crippen LogP contribution in [0.15, 0.2) is 42.5 Å². The number of methoxy groups -OCH3 is 2. The smallest absolute Gasteiger partial charge is 0.414 e. The van der Waals surface area contributed by atoms with E-state index in [9.17, 15) is 0 Å². The first-order valence-electron chi connectivity index (χ1n) is 8.00. The standard InChI is InChI=1S/C17H20ClNO2.C2H2O4/c1-20-16-8-7-13(11-17(16)21-2)9-10-19-12-14-5-3-4-6-15(14)18;3-1(4)2(5)6/h3-8,11,19H,9-10,12H2,1-2H3;(H,3,4)(H,5,6). The van der Waals surface area contributed by atoms with Crippen molar-refractivity contribution in [1.29, 1.82) is 0 Å². The van der Waals surface area contributed by atoms with Crippen LogP contribution in [0.5, 0.6) is 11.5 Å². The number of nitrogens with one attached hydrogen (secondary N) is 1. The number of carbonyl (C=O) groups is 2. The normalized spacial score (nSPS) is 9.74. The summed E-state index contributed by atoms with van der Waals surface area (Å²) >= 11 is 6.12. The maximum atomic E-state index is 9.10. The molecule has 0 fully saturated rings. The van der Waals surface area contributed by atoms with Gasteiger partial charge in [-0.3, -0.25) is 0 Å². The summed E-state index contributed by atoms with van der Waals surface area (Å²) in [5.41, 5.74) is 2.32. The molecule has 0 aromatic heterocycles. The highest BCUT2D eigenvalue weighted by molar-refractivity contribution is 6.31. The number of carboxylic acids is 2. The molecular formula is C19H22ClNO6. The Hall–Kier alpha value is -2.77. The van der Waals surface area contributed by atoms with Crippen molar-refractivity contribution in [1.82, 2.24) is 5.32 Å². The van der Waals surface area contributed by atoms with E-state index in [0.717, 1.165) is 41.6 Å². The Morgan fingerprint density at radius 2 is 1.63 bits per heavy atom. The van der Waals surface area contributed by atoms with E-state index >= 15 is 0 Å². The predicted molar refractivity (Wildman–Crippen MR) is 102 cm³/mol. The van der Waals surface area contributed by atoms with Crippen molar-refractivity contribution in [3.05, 3.63) is 58.6 Å². The monoisotopic (exact) mass is 395 g/mol. The molecule has 0 saturated heterocycles. The Bertz CT molecular complexity index is 754. The van der Waals surface area contributed by atoms with Crippen LogP contribution in [0.4, 0.5) is 0 Å². The molecule has 3 N–H and O–H groups in total. The van der Waals surface area contributed by atoms with Gasteiger partial charge in [0.05, 0.1) is 14.2 Å². The van der Waals surface area contributed by atoms with Gasteiger partial charge in [0.1, 0.15) is 0 Å². The van der Waals surface area contributed by atoms with Crippen LogP contribution >= 0.6 is 11.6 Å². The van der Waals surface area contributed by atoms with Gasteiger partial charge in [-0.1, -0.05) is 35.9 Å². The largest absolute Gasteiger partial charge is 0.493 e. The zero-order valence-electron chi connectivity index (χ0n) is 15.1. The van der Waals surface area contributed by atoms with E-state index in [1.54, 1.807) is 14.2 Å². The van der Waals surface area contributed by atoms with Gasteiger partial charge in [-0.15, -0.1) is 0 Å². The van der Waals surface area contributed by atoms with E-state index in [0.29, 0.717) is 0 Å². The topological polar surface area (TPSA) is 105 Å². The molecule has 8 heteroatoms. The highest BCUT2D eigenvalue weighted by Crippen LogP contribution is 2.27. The van der Waals surface area contributed by atoms with Gasteiger partial charge in [-0.25, -0.2) is 9.59 Å². The molecule has 0 saturated carbocycles. The third-order valence-electron chi connectivity index (χ3n) is 3.49. The summed E-state index contributed by atoms with van der Waals surface area (Å²) in [5, 5.41) is 19.0. The highest BCUT2D eigenvalue weighted by atomic mass is 35.5. The number of halogens is 1. The molecule has 0 bridgehead atoms. The Morgan fingerprint density at radius 3 is 2.19 bits per heavy atom. The van der Waals surface area contributed by atoms with Crippen molar-refractivity contribution in [3.63, 3.8) is 0 Å². The molecule has 7 nitrogen and oxygen atoms in total. The van der Waals surface area contributed by atoms with Crippen molar-refractivity contribution < 1.29 is 29.3 Å². The first-order chi connectivity index (χ1) is 12.9. The molecule has 0 spiro atoms. The Balaban J connectivity index is 0.000000527. The maximum absolute atomic E-state index is 9.10. The van der Waals surface area contributed by atoms with E-state index in [-0.39, 0.29) is 0 Å². The van der Waals surface area contributed by atoms with E-state index in [2.05, 4.69) is 11.4 Å². The molecule has 146 valence electrons. The van der Waals surface area contributed by atoms with E-state index < -0.39 is 11.9 Å². The molecular weight excluding hydrogens is 374 g/mol. The van der Waals surface area contributed by atoms with Crippen LogP contribution in [0.1, 0.15) is 11.1 Å². The quantitative estimate of drug-likeness (QED) is 0.489. The SMILES string of the molecule is COc1ccc(CCNCc2ccccc2Cl)cc1OC.O=C(O)C(=O)O. The zero-order chi connectivity index (χ0) is 20.2. The fourth-order valence-electron chi connectivity index (χ4n) is 2.13. The summed E-state index contributed by atoms with van der Waals surface area (Å²) in [7, 11) is 3.29. The molecule has 0 heterocycles. The van der Waals surface area contributed by atoms with Crippen LogP contribution in [-0.2, 0) is 22.6 Å². The van der Waals surface area contributed by atoms with Gasteiger partial charge >= 0.3 is 11.9 Å². The lowest BCUT2D eigenvalue weighted by Gasteiger charge is -2.10. The Morgan fingerprint density at radius 1 is 1.00 bits per heavy atom. The summed E-state index contributed by atoms with van der Waals surface area (Å²) in [6.07, 6.45) is 0.921. The summed E-state index contributed by atoms with van der Waals surface area (Å²) in [5.74, 6) is -2.13. The molecule has 0 aliphatic rings. The Labute approximate surface area is 162 Å². The van der Waals surface area contributed by atoms with Gasteiger partial charge in [0.25, 0.3) is 0 Å². The van der Waals surface area contributed by atoms with Gasteiger partial charge in [0.15, 0.2) is 11.5 Å². The van der Waals surface area contributed by atoms with Crippen LogP contribution in [0.2, 0.25) is 5.02 Å². The van der Waals surface area contributed by atoms with Crippen molar-refractivity contribution in [2.45, 2.75) is 13.0 Å². The molecule has 0 amide bonds. The summed E-state index contributed by atoms with van der Waals surface area (Å²) in [6.45, 7) is 1.65. The van der Waals surface area contributed by atoms with Gasteiger partial charge in [0, 0.05) is 11.6 Å². The third kappa shape index (κ3) is 7.98. The number of rotatable bonds is 7. The lowest BCUT2D eigenvalue weighted by molar-refractivity contribution is -0.159. The number of ether oxygens (including phenoxy) is 2. The van der Waals surface area contributed by atoms with Gasteiger partial charge in [-0.05, 0) is 42.3 Å². The molecule has 2 aromatic rings. The van der Waals surface area contributed by atoms with Crippen LogP contribution in [0.25, 0.3) is 0 Å². The fraction of sp³-hybridized carbons (Fsp3) is 0.263. The number of benzene rings is 2. The van der Waals surface area contributed by atoms with Gasteiger partial charge in [0.2, 0.25) is 0 Å². The Kier molecular flexibility index (Phi) is 9.71. The first-order valence-corrected chi connectivity index (χ1v) is 8.38. The first kappa shape index (κ1) is 22.3. The minimum absolute atomic E-state index is 0.755. The van der Waals surface area contributed by atoms with E-state index in [4.69, 9.17) is 40.9 Å². The lowest BCUT2D eigenvalue weighted by atomic mass is 10.1. The van der Waals surface area contributed by atoms with Crippen LogP contribution in [0, 0.1) is 0 Å². The van der Waals surface area contributed by atoms with Crippen molar-refractivity contribution >= 4 is 23.5 Å². The summed E-state index contributed by atoms with van der Waals surface area (Å²) < 4.78 is 10.5. The number of aliphatic carboxylic acids is 2. The molecule has 0 radical (unpaired) electrons. The zero-order valence-corrected chi connectivity index (χ0v) is 15.8. The minimum Gasteiger partial charge on any atom is -0.493 e. The molecule has 0 atom stereocenters.